The van der Waals surface area contributed by atoms with Crippen molar-refractivity contribution in [1.29, 1.82) is 4.78 Å². The maximum absolute atomic E-state index is 13.5. The van der Waals surface area contributed by atoms with Crippen molar-refractivity contribution in [1.82, 2.24) is 20.0 Å². The zero-order valence-corrected chi connectivity index (χ0v) is 15.6. The van der Waals surface area contributed by atoms with Gasteiger partial charge in [-0.3, -0.25) is 13.5 Å². The molecule has 0 amide bonds. The van der Waals surface area contributed by atoms with E-state index in [-0.39, 0.29) is 39.8 Å². The van der Waals surface area contributed by atoms with Crippen molar-refractivity contribution in [3.8, 4) is 17.2 Å². The van der Waals surface area contributed by atoms with Gasteiger partial charge in [-0.15, -0.1) is 0 Å². The molecular formula is C13H12BrFN6O4S. The lowest BCUT2D eigenvalue weighted by atomic mass is 10.3. The molecule has 0 aliphatic carbocycles. The number of nitrogens with zero attached hydrogens (tertiary/aromatic N) is 4. The zero-order chi connectivity index (χ0) is 18.9. The third-order valence-corrected chi connectivity index (χ3v) is 4.84. The van der Waals surface area contributed by atoms with Crippen LogP contribution in [0.1, 0.15) is 0 Å². The average molecular weight is 447 g/mol. The van der Waals surface area contributed by atoms with Crippen molar-refractivity contribution < 1.29 is 17.8 Å². The van der Waals surface area contributed by atoms with Gasteiger partial charge in [0.2, 0.25) is 11.6 Å². The van der Waals surface area contributed by atoms with Gasteiger partial charge in [-0.1, -0.05) is 5.16 Å². The Kier molecular flexibility index (Phi) is 4.91. The van der Waals surface area contributed by atoms with E-state index in [1.807, 2.05) is 0 Å². The minimum absolute atomic E-state index is 0.0136. The number of halogens is 2. The molecule has 2 N–H and O–H groups in total. The van der Waals surface area contributed by atoms with E-state index in [0.29, 0.717) is 0 Å². The molecule has 0 saturated heterocycles. The maximum atomic E-state index is 13.5. The quantitative estimate of drug-likeness (QED) is 0.584. The SMILES string of the molecule is CS(=N)(=O)CCNc1nonc1-c1noc(=O)n1-c1ccc(F)c(Br)c1. The minimum atomic E-state index is -2.68. The predicted octanol–water partition coefficient (Wildman–Crippen LogP) is 1.87. The Morgan fingerprint density at radius 2 is 2.15 bits per heavy atom. The van der Waals surface area contributed by atoms with Gasteiger partial charge in [-0.05, 0) is 44.4 Å². The van der Waals surface area contributed by atoms with Gasteiger partial charge in [0, 0.05) is 28.3 Å². The van der Waals surface area contributed by atoms with Crippen molar-refractivity contribution in [3.05, 3.63) is 39.0 Å². The first kappa shape index (κ1) is 18.3. The van der Waals surface area contributed by atoms with Gasteiger partial charge in [-0.2, -0.15) is 0 Å². The summed E-state index contributed by atoms with van der Waals surface area (Å²) < 4.78 is 42.9. The Balaban J connectivity index is 1.98. The highest BCUT2D eigenvalue weighted by atomic mass is 79.9. The highest BCUT2D eigenvalue weighted by Gasteiger charge is 2.23. The summed E-state index contributed by atoms with van der Waals surface area (Å²) >= 11 is 3.05. The highest BCUT2D eigenvalue weighted by Crippen LogP contribution is 2.26. The summed E-state index contributed by atoms with van der Waals surface area (Å²) in [7, 11) is -2.68. The van der Waals surface area contributed by atoms with Gasteiger partial charge < -0.3 is 5.32 Å². The Morgan fingerprint density at radius 1 is 1.38 bits per heavy atom. The Labute approximate surface area is 154 Å². The van der Waals surface area contributed by atoms with E-state index >= 15 is 0 Å². The van der Waals surface area contributed by atoms with E-state index in [4.69, 9.17) is 9.30 Å². The van der Waals surface area contributed by atoms with Crippen LogP contribution in [0, 0.1) is 10.6 Å². The Hall–Kier alpha value is -2.54. The van der Waals surface area contributed by atoms with Crippen LogP contribution in [0.15, 0.2) is 36.6 Å². The molecule has 10 nitrogen and oxygen atoms in total. The van der Waals surface area contributed by atoms with Crippen LogP contribution in [0.4, 0.5) is 10.2 Å². The van der Waals surface area contributed by atoms with E-state index in [2.05, 4.69) is 41.3 Å². The molecule has 0 bridgehead atoms. The first-order valence-corrected chi connectivity index (χ1v) is 10.0. The molecule has 0 spiro atoms. The van der Waals surface area contributed by atoms with Gasteiger partial charge in [-0.25, -0.2) is 18.4 Å². The molecule has 0 saturated carbocycles. The van der Waals surface area contributed by atoms with E-state index in [1.54, 1.807) is 0 Å². The van der Waals surface area contributed by atoms with Crippen molar-refractivity contribution in [2.75, 3.05) is 23.9 Å². The first-order chi connectivity index (χ1) is 12.3. The molecule has 1 unspecified atom stereocenters. The molecule has 138 valence electrons. The fraction of sp³-hybridized carbons (Fsp3) is 0.231. The second kappa shape index (κ2) is 6.99. The monoisotopic (exact) mass is 446 g/mol. The van der Waals surface area contributed by atoms with Crippen LogP contribution < -0.4 is 11.1 Å². The predicted molar refractivity (Wildman–Crippen MR) is 93.2 cm³/mol. The first-order valence-electron chi connectivity index (χ1n) is 7.08. The number of benzene rings is 1. The normalized spacial score (nSPS) is 13.5. The van der Waals surface area contributed by atoms with Gasteiger partial charge in [0.05, 0.1) is 10.2 Å². The molecule has 3 aromatic rings. The average Bonchev–Trinajstić information content (AvgIpc) is 3.15. The zero-order valence-electron chi connectivity index (χ0n) is 13.2. The highest BCUT2D eigenvalue weighted by molar-refractivity contribution is 9.10. The van der Waals surface area contributed by atoms with E-state index < -0.39 is 21.3 Å². The van der Waals surface area contributed by atoms with Crippen LogP contribution >= 0.6 is 15.9 Å². The van der Waals surface area contributed by atoms with Crippen LogP contribution in [0.3, 0.4) is 0 Å². The molecule has 0 aliphatic heterocycles. The largest absolute Gasteiger partial charge is 0.446 e. The molecule has 1 aromatic carbocycles. The summed E-state index contributed by atoms with van der Waals surface area (Å²) in [6.45, 7) is 0.171. The second-order valence-corrected chi connectivity index (χ2v) is 8.58. The van der Waals surface area contributed by atoms with Gasteiger partial charge in [0.25, 0.3) is 0 Å². The fourth-order valence-electron chi connectivity index (χ4n) is 2.07. The summed E-state index contributed by atoms with van der Waals surface area (Å²) in [5.41, 5.74) is 0.361. The van der Waals surface area contributed by atoms with E-state index in [1.165, 1.54) is 24.5 Å². The molecule has 0 radical (unpaired) electrons. The number of aromatic nitrogens is 4. The molecular weight excluding hydrogens is 435 g/mol. The maximum Gasteiger partial charge on any atom is 0.446 e. The second-order valence-electron chi connectivity index (χ2n) is 5.30. The van der Waals surface area contributed by atoms with E-state index in [0.717, 1.165) is 4.57 Å². The number of rotatable bonds is 6. The molecule has 1 atom stereocenters. The molecule has 26 heavy (non-hydrogen) atoms. The van der Waals surface area contributed by atoms with Crippen molar-refractivity contribution in [3.63, 3.8) is 0 Å². The lowest BCUT2D eigenvalue weighted by molar-refractivity contribution is 0.309. The molecule has 2 heterocycles. The Bertz CT molecular complexity index is 1110. The smallest absolute Gasteiger partial charge is 0.364 e. The van der Waals surface area contributed by atoms with Crippen molar-refractivity contribution >= 4 is 31.5 Å². The van der Waals surface area contributed by atoms with Gasteiger partial charge in [0.1, 0.15) is 5.82 Å². The Morgan fingerprint density at radius 3 is 2.85 bits per heavy atom. The summed E-state index contributed by atoms with van der Waals surface area (Å²) in [5, 5.41) is 13.9. The third-order valence-electron chi connectivity index (χ3n) is 3.25. The van der Waals surface area contributed by atoms with Crippen molar-refractivity contribution in [2.24, 2.45) is 0 Å². The van der Waals surface area contributed by atoms with Crippen LogP contribution in [0.2, 0.25) is 0 Å². The van der Waals surface area contributed by atoms with Gasteiger partial charge in [0.15, 0.2) is 5.69 Å². The number of hydrogen-bond acceptors (Lipinski definition) is 9. The van der Waals surface area contributed by atoms with Gasteiger partial charge >= 0.3 is 5.76 Å². The topological polar surface area (TPSA) is 140 Å². The third kappa shape index (κ3) is 3.83. The molecule has 13 heteroatoms. The van der Waals surface area contributed by atoms with Crippen LogP contribution in [0.5, 0.6) is 0 Å². The minimum Gasteiger partial charge on any atom is -0.364 e. The lowest BCUT2D eigenvalue weighted by Gasteiger charge is -2.06. The van der Waals surface area contributed by atoms with Crippen LogP contribution in [0.25, 0.3) is 17.2 Å². The van der Waals surface area contributed by atoms with E-state index in [9.17, 15) is 13.4 Å². The number of anilines is 1. The molecule has 3 rings (SSSR count). The molecule has 0 aliphatic rings. The molecule has 0 fully saturated rings. The standard InChI is InChI=1S/C13H12BrFN6O4S/c1-26(16,23)5-4-17-11-10(18-25-19-11)12-20-24-13(22)21(12)7-2-3-9(15)8(14)6-7/h2-3,6,16H,4-5H2,1H3,(H,17,19). The van der Waals surface area contributed by atoms with Crippen LogP contribution in [-0.2, 0) is 9.73 Å². The van der Waals surface area contributed by atoms with Crippen molar-refractivity contribution in [2.45, 2.75) is 0 Å². The molecule has 2 aromatic heterocycles. The lowest BCUT2D eigenvalue weighted by Crippen LogP contribution is -2.15. The summed E-state index contributed by atoms with van der Waals surface area (Å²) in [6, 6.07) is 3.93. The number of nitrogens with one attached hydrogen (secondary N) is 2. The summed E-state index contributed by atoms with van der Waals surface area (Å²) in [5.74, 6) is -1.10. The fourth-order valence-corrected chi connectivity index (χ4v) is 2.93. The number of hydrogen-bond donors (Lipinski definition) is 2. The van der Waals surface area contributed by atoms with Crippen LogP contribution in [-0.4, -0.2) is 42.8 Å². The summed E-state index contributed by atoms with van der Waals surface area (Å²) in [4.78, 5) is 12.1. The summed E-state index contributed by atoms with van der Waals surface area (Å²) in [6.07, 6.45) is 1.32.